The van der Waals surface area contributed by atoms with Gasteiger partial charge in [0.1, 0.15) is 10.9 Å². The largest absolute Gasteiger partial charge is 0.349 e. The van der Waals surface area contributed by atoms with Crippen molar-refractivity contribution in [1.29, 1.82) is 0 Å². The number of sulfonamides is 1. The first kappa shape index (κ1) is 17.2. The summed E-state index contributed by atoms with van der Waals surface area (Å²) in [5, 5.41) is 4.95. The molecule has 1 atom stereocenters. The molecule has 2 aliphatic rings. The van der Waals surface area contributed by atoms with Crippen LogP contribution in [0.4, 0.5) is 0 Å². The molecule has 2 aromatic rings. The Morgan fingerprint density at radius 3 is 2.88 bits per heavy atom. The summed E-state index contributed by atoms with van der Waals surface area (Å²) in [4.78, 5) is 15.9. The van der Waals surface area contributed by atoms with E-state index < -0.39 is 16.1 Å². The van der Waals surface area contributed by atoms with Gasteiger partial charge in [-0.05, 0) is 42.8 Å². The molecule has 1 amide bonds. The first-order valence-electron chi connectivity index (χ1n) is 8.57. The molecular formula is C18H19N3O3S2. The van der Waals surface area contributed by atoms with Crippen LogP contribution in [-0.2, 0) is 21.4 Å². The molecule has 8 heteroatoms. The minimum atomic E-state index is -3.68. The number of rotatable bonds is 3. The van der Waals surface area contributed by atoms with E-state index in [1.54, 1.807) is 35.6 Å². The number of nitrogens with one attached hydrogen (secondary N) is 1. The Morgan fingerprint density at radius 1 is 1.23 bits per heavy atom. The maximum Gasteiger partial charge on any atom is 0.285 e. The van der Waals surface area contributed by atoms with Gasteiger partial charge in [0.25, 0.3) is 10.0 Å². The summed E-state index contributed by atoms with van der Waals surface area (Å²) in [6.07, 6.45) is 2.54. The normalized spacial score (nSPS) is 21.2. The van der Waals surface area contributed by atoms with E-state index in [1.807, 2.05) is 22.4 Å². The van der Waals surface area contributed by atoms with Gasteiger partial charge in [-0.15, -0.1) is 15.7 Å². The molecule has 0 saturated carbocycles. The van der Waals surface area contributed by atoms with E-state index in [4.69, 9.17) is 0 Å². The standard InChI is InChI=1S/C18H19N3O3S2/c22-18(19-12-13-6-5-11-25-13)15-8-3-4-10-21(15)17-14-7-1-2-9-16(14)26(23,24)20-17/h1-2,5-7,9,11,15H,3-4,8,10,12H2,(H,19,22)/t15-/m1/s1. The SMILES string of the molecule is O=C(NCc1cccs1)[C@H]1CCCCN1C1=NS(=O)(=O)c2ccccc21. The highest BCUT2D eigenvalue weighted by Crippen LogP contribution is 2.30. The fraction of sp³-hybridized carbons (Fsp3) is 0.333. The fourth-order valence-electron chi connectivity index (χ4n) is 3.46. The van der Waals surface area contributed by atoms with Gasteiger partial charge in [0, 0.05) is 17.0 Å². The van der Waals surface area contributed by atoms with Crippen molar-refractivity contribution in [1.82, 2.24) is 10.2 Å². The van der Waals surface area contributed by atoms with Crippen LogP contribution in [0.15, 0.2) is 51.1 Å². The predicted molar refractivity (Wildman–Crippen MR) is 101 cm³/mol. The Hall–Kier alpha value is -2.19. The molecule has 3 heterocycles. The van der Waals surface area contributed by atoms with E-state index in [0.717, 1.165) is 17.7 Å². The van der Waals surface area contributed by atoms with Crippen molar-refractivity contribution in [2.75, 3.05) is 6.54 Å². The molecule has 0 bridgehead atoms. The number of carbonyl (C=O) groups excluding carboxylic acids is 1. The summed E-state index contributed by atoms with van der Waals surface area (Å²) in [6, 6.07) is 10.3. The number of likely N-dealkylation sites (tertiary alicyclic amines) is 1. The molecule has 1 N–H and O–H groups in total. The molecule has 1 aromatic carbocycles. The van der Waals surface area contributed by atoms with Crippen LogP contribution in [0.2, 0.25) is 0 Å². The molecule has 1 aromatic heterocycles. The van der Waals surface area contributed by atoms with E-state index in [-0.39, 0.29) is 10.8 Å². The average Bonchev–Trinajstić information content (AvgIpc) is 3.26. The van der Waals surface area contributed by atoms with Crippen LogP contribution in [-0.4, -0.2) is 37.6 Å². The molecule has 1 fully saturated rings. The van der Waals surface area contributed by atoms with Crippen LogP contribution in [0, 0.1) is 0 Å². The molecule has 136 valence electrons. The summed E-state index contributed by atoms with van der Waals surface area (Å²) in [5.41, 5.74) is 0.588. The van der Waals surface area contributed by atoms with Crippen LogP contribution in [0.25, 0.3) is 0 Å². The van der Waals surface area contributed by atoms with Crippen molar-refractivity contribution in [3.63, 3.8) is 0 Å². The lowest BCUT2D eigenvalue weighted by Crippen LogP contribution is -2.51. The number of nitrogens with zero attached hydrogens (tertiary/aromatic N) is 2. The lowest BCUT2D eigenvalue weighted by Gasteiger charge is -2.36. The quantitative estimate of drug-likeness (QED) is 0.874. The topological polar surface area (TPSA) is 78.8 Å². The summed E-state index contributed by atoms with van der Waals surface area (Å²) in [6.45, 7) is 1.11. The number of piperidine rings is 1. The predicted octanol–water partition coefficient (Wildman–Crippen LogP) is 2.37. The summed E-state index contributed by atoms with van der Waals surface area (Å²) in [7, 11) is -3.68. The monoisotopic (exact) mass is 389 g/mol. The zero-order chi connectivity index (χ0) is 18.1. The number of hydrogen-bond acceptors (Lipinski definition) is 5. The molecular weight excluding hydrogens is 370 g/mol. The van der Waals surface area contributed by atoms with Crippen molar-refractivity contribution in [3.05, 3.63) is 52.2 Å². The minimum Gasteiger partial charge on any atom is -0.349 e. The number of amidine groups is 1. The van der Waals surface area contributed by atoms with Gasteiger partial charge in [-0.3, -0.25) is 4.79 Å². The number of hydrogen-bond donors (Lipinski definition) is 1. The number of amides is 1. The molecule has 6 nitrogen and oxygen atoms in total. The Labute approximate surface area is 156 Å². The summed E-state index contributed by atoms with van der Waals surface area (Å²) in [5.74, 6) is 0.319. The van der Waals surface area contributed by atoms with Gasteiger partial charge in [-0.2, -0.15) is 8.42 Å². The number of benzene rings is 1. The smallest absolute Gasteiger partial charge is 0.285 e. The molecule has 26 heavy (non-hydrogen) atoms. The van der Waals surface area contributed by atoms with Crippen molar-refractivity contribution in [2.24, 2.45) is 4.40 Å². The third-order valence-electron chi connectivity index (χ3n) is 4.71. The average molecular weight is 390 g/mol. The Morgan fingerprint density at radius 2 is 2.08 bits per heavy atom. The van der Waals surface area contributed by atoms with Gasteiger partial charge in [0.05, 0.1) is 6.54 Å². The number of fused-ring (bicyclic) bond motifs is 1. The lowest BCUT2D eigenvalue weighted by atomic mass is 9.99. The molecule has 0 aliphatic carbocycles. The second-order valence-electron chi connectivity index (χ2n) is 6.39. The van der Waals surface area contributed by atoms with E-state index in [2.05, 4.69) is 9.71 Å². The Kier molecular flexibility index (Phi) is 4.54. The van der Waals surface area contributed by atoms with Crippen LogP contribution < -0.4 is 5.32 Å². The van der Waals surface area contributed by atoms with Gasteiger partial charge in [-0.25, -0.2) is 0 Å². The van der Waals surface area contributed by atoms with Gasteiger partial charge in [0.15, 0.2) is 5.84 Å². The first-order valence-corrected chi connectivity index (χ1v) is 10.9. The maximum absolute atomic E-state index is 12.8. The van der Waals surface area contributed by atoms with Gasteiger partial charge in [0.2, 0.25) is 5.91 Å². The van der Waals surface area contributed by atoms with E-state index >= 15 is 0 Å². The molecule has 0 unspecified atom stereocenters. The first-order chi connectivity index (χ1) is 12.6. The molecule has 1 saturated heterocycles. The van der Waals surface area contributed by atoms with E-state index in [1.165, 1.54) is 0 Å². The highest BCUT2D eigenvalue weighted by Gasteiger charge is 2.37. The third-order valence-corrected chi connectivity index (χ3v) is 6.91. The van der Waals surface area contributed by atoms with Crippen molar-refractivity contribution >= 4 is 33.1 Å². The van der Waals surface area contributed by atoms with Gasteiger partial charge in [-0.1, -0.05) is 18.2 Å². The highest BCUT2D eigenvalue weighted by atomic mass is 32.2. The van der Waals surface area contributed by atoms with Crippen LogP contribution >= 0.6 is 11.3 Å². The fourth-order valence-corrected chi connectivity index (χ4v) is 5.32. The Bertz CT molecular complexity index is 952. The van der Waals surface area contributed by atoms with Crippen LogP contribution in [0.1, 0.15) is 29.7 Å². The zero-order valence-electron chi connectivity index (χ0n) is 14.1. The molecule has 2 aliphatic heterocycles. The van der Waals surface area contributed by atoms with Crippen LogP contribution in [0.5, 0.6) is 0 Å². The van der Waals surface area contributed by atoms with Crippen molar-refractivity contribution in [2.45, 2.75) is 36.7 Å². The number of thiophene rings is 1. The molecule has 4 rings (SSSR count). The van der Waals surface area contributed by atoms with Crippen molar-refractivity contribution in [3.8, 4) is 0 Å². The van der Waals surface area contributed by atoms with E-state index in [9.17, 15) is 13.2 Å². The summed E-state index contributed by atoms with van der Waals surface area (Å²) < 4.78 is 28.7. The lowest BCUT2D eigenvalue weighted by molar-refractivity contribution is -0.126. The highest BCUT2D eigenvalue weighted by molar-refractivity contribution is 7.90. The third kappa shape index (κ3) is 3.14. The molecule has 0 spiro atoms. The van der Waals surface area contributed by atoms with Gasteiger partial charge < -0.3 is 10.2 Å². The van der Waals surface area contributed by atoms with Crippen molar-refractivity contribution < 1.29 is 13.2 Å². The summed E-state index contributed by atoms with van der Waals surface area (Å²) >= 11 is 1.60. The second kappa shape index (κ2) is 6.85. The second-order valence-corrected chi connectivity index (χ2v) is 8.99. The van der Waals surface area contributed by atoms with E-state index in [0.29, 0.717) is 30.9 Å². The zero-order valence-corrected chi connectivity index (χ0v) is 15.7. The maximum atomic E-state index is 12.8. The Balaban J connectivity index is 1.59. The molecule has 0 radical (unpaired) electrons. The minimum absolute atomic E-state index is 0.0809. The van der Waals surface area contributed by atoms with Gasteiger partial charge >= 0.3 is 0 Å². The number of carbonyl (C=O) groups is 1. The van der Waals surface area contributed by atoms with Crippen LogP contribution in [0.3, 0.4) is 0 Å².